The van der Waals surface area contributed by atoms with E-state index in [0.717, 1.165) is 78.7 Å². The van der Waals surface area contributed by atoms with E-state index in [1.807, 2.05) is 0 Å². The fourth-order valence-electron chi connectivity index (χ4n) is 15.0. The van der Waals surface area contributed by atoms with Crippen LogP contribution in [0.3, 0.4) is 0 Å². The number of anilines is 6. The van der Waals surface area contributed by atoms with Crippen molar-refractivity contribution in [3.8, 4) is 56.1 Å². The van der Waals surface area contributed by atoms with Crippen molar-refractivity contribution in [2.24, 2.45) is 0 Å². The summed E-state index contributed by atoms with van der Waals surface area (Å²) in [4.78, 5) is 4.81. The van der Waals surface area contributed by atoms with E-state index in [4.69, 9.17) is 0 Å². The highest BCUT2D eigenvalue weighted by atomic mass is 15.2. The standard InChI is InChI=1S/C84H62N4/c1-83(2)75-35-17-15-31-69(75)71-47-45-65(53-77(71)83)85(59-25-7-5-8-26-59)61-37-41-63(42-38-61)87-79-49-58-52-82(74-34-20-24-56-22-12-14-30-68(56)74)88(80(58)50-57(79)51-81(87)73-33-19-23-55-21-11-13-29-67(55)73)64-43-39-62(40-44-64)86(60-27-9-6-10-28-60)66-46-48-72-70-32-16-18-36-76(70)84(3,4)78(72)54-66/h5-54H,1-4H3. The van der Waals surface area contributed by atoms with Crippen LogP contribution < -0.4 is 9.80 Å². The molecule has 13 aromatic carbocycles. The van der Waals surface area contributed by atoms with E-state index < -0.39 is 0 Å². The Kier molecular flexibility index (Phi) is 11.6. The van der Waals surface area contributed by atoms with Crippen LogP contribution in [0, 0.1) is 0 Å². The second kappa shape index (κ2) is 19.8. The van der Waals surface area contributed by atoms with E-state index in [1.54, 1.807) is 0 Å². The fourth-order valence-corrected chi connectivity index (χ4v) is 15.0. The fraction of sp³-hybridized carbons (Fsp3) is 0.0714. The van der Waals surface area contributed by atoms with Crippen LogP contribution in [0.5, 0.6) is 0 Å². The predicted molar refractivity (Wildman–Crippen MR) is 370 cm³/mol. The van der Waals surface area contributed by atoms with Gasteiger partial charge in [-0.15, -0.1) is 0 Å². The number of hydrogen-bond acceptors (Lipinski definition) is 2. The van der Waals surface area contributed by atoms with Crippen LogP contribution in [0.4, 0.5) is 34.1 Å². The average Bonchev–Trinajstić information content (AvgIpc) is 2.38. The van der Waals surface area contributed by atoms with Gasteiger partial charge in [0.15, 0.2) is 0 Å². The molecule has 4 nitrogen and oxygen atoms in total. The zero-order valence-electron chi connectivity index (χ0n) is 49.7. The minimum Gasteiger partial charge on any atom is -0.310 e. The maximum absolute atomic E-state index is 2.49. The predicted octanol–water partition coefficient (Wildman–Crippen LogP) is 22.8. The highest BCUT2D eigenvalue weighted by Gasteiger charge is 2.37. The van der Waals surface area contributed by atoms with E-state index in [2.05, 4.69) is 350 Å². The van der Waals surface area contributed by atoms with Crippen molar-refractivity contribution in [3.63, 3.8) is 0 Å². The largest absolute Gasteiger partial charge is 0.310 e. The molecule has 0 amide bonds. The van der Waals surface area contributed by atoms with Crippen LogP contribution >= 0.6 is 0 Å². The van der Waals surface area contributed by atoms with Gasteiger partial charge in [-0.25, -0.2) is 0 Å². The number of benzene rings is 13. The number of hydrogen-bond donors (Lipinski definition) is 0. The molecular formula is C84H62N4. The van der Waals surface area contributed by atoms with Crippen molar-refractivity contribution in [3.05, 3.63) is 326 Å². The van der Waals surface area contributed by atoms with Gasteiger partial charge >= 0.3 is 0 Å². The van der Waals surface area contributed by atoms with Gasteiger partial charge in [-0.05, 0) is 187 Å². The number of para-hydroxylation sites is 2. The highest BCUT2D eigenvalue weighted by Crippen LogP contribution is 2.53. The second-order valence-corrected chi connectivity index (χ2v) is 24.9. The average molecular weight is 1130 g/mol. The molecule has 0 fully saturated rings. The summed E-state index contributed by atoms with van der Waals surface area (Å²) in [5.74, 6) is 0. The maximum atomic E-state index is 2.49. The molecule has 0 radical (unpaired) electrons. The number of aromatic nitrogens is 2. The first kappa shape index (κ1) is 51.5. The van der Waals surface area contributed by atoms with Crippen molar-refractivity contribution >= 4 is 77.5 Å². The molecule has 418 valence electrons. The van der Waals surface area contributed by atoms with Crippen LogP contribution in [-0.4, -0.2) is 9.13 Å². The highest BCUT2D eigenvalue weighted by molar-refractivity contribution is 6.07. The van der Waals surface area contributed by atoms with Gasteiger partial charge in [0.25, 0.3) is 0 Å². The van der Waals surface area contributed by atoms with Crippen LogP contribution in [-0.2, 0) is 10.8 Å². The van der Waals surface area contributed by atoms with Crippen LogP contribution in [0.15, 0.2) is 303 Å². The minimum absolute atomic E-state index is 0.130. The Hall–Kier alpha value is -10.9. The summed E-state index contributed by atoms with van der Waals surface area (Å²) >= 11 is 0. The van der Waals surface area contributed by atoms with Gasteiger partial charge in [-0.2, -0.15) is 0 Å². The molecule has 4 heteroatoms. The van der Waals surface area contributed by atoms with Crippen molar-refractivity contribution in [1.82, 2.24) is 9.13 Å². The van der Waals surface area contributed by atoms with Gasteiger partial charge in [-0.1, -0.05) is 210 Å². The molecule has 0 spiro atoms. The second-order valence-electron chi connectivity index (χ2n) is 24.9. The van der Waals surface area contributed by atoms with E-state index in [-0.39, 0.29) is 10.8 Å². The van der Waals surface area contributed by atoms with Crippen molar-refractivity contribution in [2.45, 2.75) is 38.5 Å². The molecule has 0 N–H and O–H groups in total. The lowest BCUT2D eigenvalue weighted by molar-refractivity contribution is 0.660. The molecule has 0 bridgehead atoms. The van der Waals surface area contributed by atoms with Gasteiger partial charge in [0.05, 0.1) is 22.4 Å². The lowest BCUT2D eigenvalue weighted by atomic mass is 9.82. The van der Waals surface area contributed by atoms with Crippen LogP contribution in [0.25, 0.3) is 99.5 Å². The monoisotopic (exact) mass is 1130 g/mol. The smallest absolute Gasteiger partial charge is 0.0547 e. The SMILES string of the molecule is CC1(C)c2ccccc2-c2ccc(N(c3ccccc3)c3ccc(-n4c(-c5cccc6ccccc56)cc5cc6c(cc(-c7cccc8ccccc78)n6-c6ccc(N(c7ccccc7)c7ccc8c(c7)C(C)(C)c7ccccc7-8)cc6)cc54)cc3)cc21. The molecule has 15 aromatic rings. The number of fused-ring (bicyclic) bond motifs is 10. The van der Waals surface area contributed by atoms with Gasteiger partial charge in [-0.3, -0.25) is 0 Å². The molecule has 0 aliphatic heterocycles. The van der Waals surface area contributed by atoms with E-state index in [9.17, 15) is 0 Å². The third kappa shape index (κ3) is 7.99. The molecule has 0 unspecified atom stereocenters. The molecule has 2 aliphatic carbocycles. The topological polar surface area (TPSA) is 16.3 Å². The lowest BCUT2D eigenvalue weighted by Gasteiger charge is -2.28. The van der Waals surface area contributed by atoms with Crippen LogP contribution in [0.2, 0.25) is 0 Å². The molecule has 0 saturated heterocycles. The lowest BCUT2D eigenvalue weighted by Crippen LogP contribution is -2.16. The van der Waals surface area contributed by atoms with Crippen molar-refractivity contribution in [1.29, 1.82) is 0 Å². The number of rotatable bonds is 10. The molecule has 0 atom stereocenters. The summed E-state index contributed by atoms with van der Waals surface area (Å²) in [6.07, 6.45) is 0. The summed E-state index contributed by atoms with van der Waals surface area (Å²) in [6, 6.07) is 113. The Labute approximate surface area is 513 Å². The zero-order chi connectivity index (χ0) is 58.8. The van der Waals surface area contributed by atoms with Gasteiger partial charge in [0, 0.05) is 78.2 Å². The van der Waals surface area contributed by atoms with E-state index in [0.29, 0.717) is 0 Å². The first-order valence-corrected chi connectivity index (χ1v) is 30.7. The first-order valence-electron chi connectivity index (χ1n) is 30.7. The first-order chi connectivity index (χ1) is 43.2. The third-order valence-corrected chi connectivity index (χ3v) is 19.3. The molecule has 2 heterocycles. The molecule has 17 rings (SSSR count). The van der Waals surface area contributed by atoms with Gasteiger partial charge in [0.2, 0.25) is 0 Å². The van der Waals surface area contributed by atoms with E-state index in [1.165, 1.54) is 77.2 Å². The Morgan fingerprint density at radius 2 is 0.568 bits per heavy atom. The van der Waals surface area contributed by atoms with Crippen LogP contribution in [0.1, 0.15) is 49.9 Å². The quantitative estimate of drug-likeness (QED) is 0.136. The summed E-state index contributed by atoms with van der Waals surface area (Å²) < 4.78 is 4.98. The Morgan fingerprint density at radius 3 is 1.00 bits per heavy atom. The normalized spacial score (nSPS) is 13.4. The van der Waals surface area contributed by atoms with Crippen molar-refractivity contribution < 1.29 is 0 Å². The molecule has 2 aliphatic rings. The molecular weight excluding hydrogens is 1060 g/mol. The zero-order valence-corrected chi connectivity index (χ0v) is 49.7. The third-order valence-electron chi connectivity index (χ3n) is 19.3. The summed E-state index contributed by atoms with van der Waals surface area (Å²) in [6.45, 7) is 9.44. The maximum Gasteiger partial charge on any atom is 0.0547 e. The Morgan fingerprint density at radius 1 is 0.239 bits per heavy atom. The number of nitrogens with zero attached hydrogens (tertiary/aromatic N) is 4. The summed E-state index contributed by atoms with van der Waals surface area (Å²) in [5, 5.41) is 7.17. The minimum atomic E-state index is -0.130. The Bertz CT molecular complexity index is 4910. The van der Waals surface area contributed by atoms with Gasteiger partial charge in [0.1, 0.15) is 0 Å². The van der Waals surface area contributed by atoms with Gasteiger partial charge < -0.3 is 18.9 Å². The molecule has 2 aromatic heterocycles. The Balaban J connectivity index is 0.832. The van der Waals surface area contributed by atoms with E-state index >= 15 is 0 Å². The van der Waals surface area contributed by atoms with Crippen molar-refractivity contribution in [2.75, 3.05) is 9.80 Å². The summed E-state index contributed by atoms with van der Waals surface area (Å²) in [5.41, 5.74) is 26.2. The molecule has 88 heavy (non-hydrogen) atoms. The molecule has 0 saturated carbocycles. The summed E-state index contributed by atoms with van der Waals surface area (Å²) in [7, 11) is 0.